The molecule has 23 heavy (non-hydrogen) atoms. The second-order valence-corrected chi connectivity index (χ2v) is 6.53. The number of carbonyl (C=O) groups excluding carboxylic acids is 1. The van der Waals surface area contributed by atoms with Gasteiger partial charge in [-0.2, -0.15) is 0 Å². The Kier molecular flexibility index (Phi) is 4.55. The van der Waals surface area contributed by atoms with Crippen LogP contribution in [0.4, 0.5) is 0 Å². The molecule has 3 rings (SSSR count). The summed E-state index contributed by atoms with van der Waals surface area (Å²) in [6.07, 6.45) is 4.06. The van der Waals surface area contributed by atoms with Gasteiger partial charge in [-0.05, 0) is 48.8 Å². The zero-order chi connectivity index (χ0) is 16.4. The maximum atomic E-state index is 12.5. The Morgan fingerprint density at radius 1 is 1.26 bits per heavy atom. The molecule has 0 spiro atoms. The molecule has 1 amide bonds. The number of methoxy groups -OCH3 is 1. The number of aryl methyl sites for hydroxylation is 1. The number of amides is 1. The van der Waals surface area contributed by atoms with E-state index in [1.54, 1.807) is 12.0 Å². The average Bonchev–Trinajstić information content (AvgIpc) is 3.13. The van der Waals surface area contributed by atoms with Gasteiger partial charge in [0.25, 0.3) is 0 Å². The van der Waals surface area contributed by atoms with Crippen LogP contribution in [0.15, 0.2) is 24.3 Å². The molecule has 0 radical (unpaired) electrons. The summed E-state index contributed by atoms with van der Waals surface area (Å²) in [6, 6.07) is 7.02. The van der Waals surface area contributed by atoms with Crippen molar-refractivity contribution in [1.29, 1.82) is 0 Å². The first-order valence-electron chi connectivity index (χ1n) is 8.25. The van der Waals surface area contributed by atoms with Gasteiger partial charge in [0, 0.05) is 13.0 Å². The van der Waals surface area contributed by atoms with E-state index in [4.69, 9.17) is 4.74 Å². The number of rotatable bonds is 5. The molecule has 5 heteroatoms. The summed E-state index contributed by atoms with van der Waals surface area (Å²) in [5.41, 5.74) is 1.06. The van der Waals surface area contributed by atoms with Crippen LogP contribution in [0, 0.1) is 11.8 Å². The third kappa shape index (κ3) is 3.19. The van der Waals surface area contributed by atoms with Crippen molar-refractivity contribution in [3.63, 3.8) is 0 Å². The van der Waals surface area contributed by atoms with E-state index >= 15 is 0 Å². The molecule has 2 aliphatic rings. The first-order chi connectivity index (χ1) is 11.1. The molecule has 1 aliphatic carbocycles. The standard InChI is InChI=1S/C18H23NO4/c1-23-14-8-5-12(6-9-14)7-10-16(20)19-11-13-3-2-4-15(13)17(19)18(21)22/h5-6,8-9,13,15,17H,2-4,7,10-11H2,1H3,(H,21,22). The van der Waals surface area contributed by atoms with Gasteiger partial charge in [0.1, 0.15) is 11.8 Å². The molecule has 0 aromatic heterocycles. The Labute approximate surface area is 136 Å². The van der Waals surface area contributed by atoms with E-state index < -0.39 is 12.0 Å². The van der Waals surface area contributed by atoms with Crippen molar-refractivity contribution in [2.75, 3.05) is 13.7 Å². The van der Waals surface area contributed by atoms with E-state index in [1.165, 1.54) is 0 Å². The second-order valence-electron chi connectivity index (χ2n) is 6.53. The fraction of sp³-hybridized carbons (Fsp3) is 0.556. The van der Waals surface area contributed by atoms with E-state index in [-0.39, 0.29) is 11.8 Å². The molecule has 1 saturated carbocycles. The number of ether oxygens (including phenoxy) is 1. The van der Waals surface area contributed by atoms with Crippen LogP contribution in [-0.2, 0) is 16.0 Å². The van der Waals surface area contributed by atoms with Crippen LogP contribution in [-0.4, -0.2) is 41.6 Å². The number of carboxylic acids is 1. The molecule has 3 atom stereocenters. The molecule has 2 fully saturated rings. The second kappa shape index (κ2) is 6.60. The summed E-state index contributed by atoms with van der Waals surface area (Å²) >= 11 is 0. The highest BCUT2D eigenvalue weighted by Gasteiger charge is 2.49. The van der Waals surface area contributed by atoms with Crippen LogP contribution in [0.5, 0.6) is 5.75 Å². The Morgan fingerprint density at radius 2 is 2.00 bits per heavy atom. The molecular formula is C18H23NO4. The summed E-state index contributed by atoms with van der Waals surface area (Å²) in [5.74, 6) is 0.427. The topological polar surface area (TPSA) is 66.8 Å². The molecule has 3 unspecified atom stereocenters. The van der Waals surface area contributed by atoms with Gasteiger partial charge in [0.15, 0.2) is 0 Å². The maximum Gasteiger partial charge on any atom is 0.326 e. The average molecular weight is 317 g/mol. The first kappa shape index (κ1) is 15.8. The third-order valence-corrected chi connectivity index (χ3v) is 5.25. The van der Waals surface area contributed by atoms with Crippen molar-refractivity contribution in [2.45, 2.75) is 38.1 Å². The van der Waals surface area contributed by atoms with Gasteiger partial charge in [-0.1, -0.05) is 18.6 Å². The van der Waals surface area contributed by atoms with Crippen LogP contribution in [0.25, 0.3) is 0 Å². The van der Waals surface area contributed by atoms with Crippen LogP contribution < -0.4 is 4.74 Å². The number of benzene rings is 1. The normalized spacial score (nSPS) is 26.1. The lowest BCUT2D eigenvalue weighted by Crippen LogP contribution is -2.43. The molecule has 1 aromatic carbocycles. The minimum absolute atomic E-state index is 0.0392. The summed E-state index contributed by atoms with van der Waals surface area (Å²) in [4.78, 5) is 25.7. The Balaban J connectivity index is 1.61. The zero-order valence-corrected chi connectivity index (χ0v) is 13.4. The minimum atomic E-state index is -0.850. The number of carbonyl (C=O) groups is 2. The van der Waals surface area contributed by atoms with Crippen LogP contribution in [0.1, 0.15) is 31.2 Å². The van der Waals surface area contributed by atoms with E-state index in [2.05, 4.69) is 0 Å². The highest BCUT2D eigenvalue weighted by Crippen LogP contribution is 2.42. The Morgan fingerprint density at radius 3 is 2.65 bits per heavy atom. The fourth-order valence-electron chi connectivity index (χ4n) is 4.07. The number of likely N-dealkylation sites (tertiary alicyclic amines) is 1. The predicted octanol–water partition coefficient (Wildman–Crippen LogP) is 2.34. The SMILES string of the molecule is COc1ccc(CCC(=O)N2CC3CCCC3C2C(=O)O)cc1. The van der Waals surface area contributed by atoms with Crippen molar-refractivity contribution < 1.29 is 19.4 Å². The van der Waals surface area contributed by atoms with Gasteiger partial charge in [0.2, 0.25) is 5.91 Å². The molecular weight excluding hydrogens is 294 g/mol. The van der Waals surface area contributed by atoms with Crippen LogP contribution >= 0.6 is 0 Å². The number of hydrogen-bond acceptors (Lipinski definition) is 3. The molecule has 1 N–H and O–H groups in total. The predicted molar refractivity (Wildman–Crippen MR) is 85.3 cm³/mol. The van der Waals surface area contributed by atoms with Gasteiger partial charge in [-0.3, -0.25) is 4.79 Å². The van der Waals surface area contributed by atoms with Gasteiger partial charge < -0.3 is 14.7 Å². The lowest BCUT2D eigenvalue weighted by Gasteiger charge is -2.24. The molecule has 124 valence electrons. The van der Waals surface area contributed by atoms with Crippen LogP contribution in [0.3, 0.4) is 0 Å². The molecule has 1 aromatic rings. The van der Waals surface area contributed by atoms with Gasteiger partial charge >= 0.3 is 5.97 Å². The van der Waals surface area contributed by atoms with Crippen molar-refractivity contribution in [1.82, 2.24) is 4.90 Å². The van der Waals surface area contributed by atoms with E-state index in [9.17, 15) is 14.7 Å². The molecule has 1 saturated heterocycles. The van der Waals surface area contributed by atoms with Crippen molar-refractivity contribution >= 4 is 11.9 Å². The largest absolute Gasteiger partial charge is 0.497 e. The quantitative estimate of drug-likeness (QED) is 0.905. The van der Waals surface area contributed by atoms with E-state index in [0.717, 1.165) is 30.6 Å². The summed E-state index contributed by atoms with van der Waals surface area (Å²) in [7, 11) is 1.62. The van der Waals surface area contributed by atoms with Gasteiger partial charge in [-0.15, -0.1) is 0 Å². The van der Waals surface area contributed by atoms with E-state index in [1.807, 2.05) is 24.3 Å². The van der Waals surface area contributed by atoms with Gasteiger partial charge in [-0.25, -0.2) is 4.79 Å². The van der Waals surface area contributed by atoms with Gasteiger partial charge in [0.05, 0.1) is 7.11 Å². The highest BCUT2D eigenvalue weighted by molar-refractivity contribution is 5.85. The smallest absolute Gasteiger partial charge is 0.326 e. The van der Waals surface area contributed by atoms with Crippen molar-refractivity contribution in [3.8, 4) is 5.75 Å². The van der Waals surface area contributed by atoms with E-state index in [0.29, 0.717) is 25.3 Å². The van der Waals surface area contributed by atoms with Crippen LogP contribution in [0.2, 0.25) is 0 Å². The monoisotopic (exact) mass is 317 g/mol. The summed E-state index contributed by atoms with van der Waals surface area (Å²) in [5, 5.41) is 9.51. The Bertz CT molecular complexity index is 583. The lowest BCUT2D eigenvalue weighted by molar-refractivity contribution is -0.149. The minimum Gasteiger partial charge on any atom is -0.497 e. The third-order valence-electron chi connectivity index (χ3n) is 5.25. The first-order valence-corrected chi connectivity index (χ1v) is 8.25. The number of fused-ring (bicyclic) bond motifs is 1. The lowest BCUT2D eigenvalue weighted by atomic mass is 9.94. The summed E-state index contributed by atoms with van der Waals surface area (Å²) in [6.45, 7) is 0.614. The maximum absolute atomic E-state index is 12.5. The number of hydrogen-bond donors (Lipinski definition) is 1. The van der Waals surface area contributed by atoms with Crippen molar-refractivity contribution in [3.05, 3.63) is 29.8 Å². The highest BCUT2D eigenvalue weighted by atomic mass is 16.5. The Hall–Kier alpha value is -2.04. The van der Waals surface area contributed by atoms with Crippen molar-refractivity contribution in [2.24, 2.45) is 11.8 Å². The zero-order valence-electron chi connectivity index (χ0n) is 13.4. The molecule has 1 heterocycles. The molecule has 5 nitrogen and oxygen atoms in total. The number of carboxylic acid groups (broad SMARTS) is 1. The molecule has 0 bridgehead atoms. The number of aliphatic carboxylic acids is 1. The molecule has 1 aliphatic heterocycles. The fourth-order valence-corrected chi connectivity index (χ4v) is 4.07. The summed E-state index contributed by atoms with van der Waals surface area (Å²) < 4.78 is 5.12. The number of nitrogens with zero attached hydrogens (tertiary/aromatic N) is 1.